The van der Waals surface area contributed by atoms with E-state index in [-0.39, 0.29) is 0 Å². The predicted octanol–water partition coefficient (Wildman–Crippen LogP) is -0.308. The largest absolute Gasteiger partial charge is 0.409 e. The second-order valence-electron chi connectivity index (χ2n) is 2.53. The smallest absolute Gasteiger partial charge is 0.238 e. The molecule has 0 spiro atoms. The van der Waals surface area contributed by atoms with Gasteiger partial charge >= 0.3 is 0 Å². The Kier molecular flexibility index (Phi) is 8.27. The zero-order valence-corrected chi connectivity index (χ0v) is 9.09. The van der Waals surface area contributed by atoms with Crippen molar-refractivity contribution in [1.29, 1.82) is 0 Å². The van der Waals surface area contributed by atoms with Gasteiger partial charge in [0.05, 0.1) is 0 Å². The van der Waals surface area contributed by atoms with Crippen LogP contribution in [0.25, 0.3) is 0 Å². The molecular formula is C7H20N2OSi. The Morgan fingerprint density at radius 3 is 2.55 bits per heavy atom. The summed E-state index contributed by atoms with van der Waals surface area (Å²) in [7, 11) is -0.443. The quantitative estimate of drug-likeness (QED) is 0.541. The van der Waals surface area contributed by atoms with E-state index >= 15 is 0 Å². The molecule has 0 aliphatic carbocycles. The number of nitrogens with two attached hydrogens (primary N) is 1. The lowest BCUT2D eigenvalue weighted by Crippen LogP contribution is -2.35. The van der Waals surface area contributed by atoms with Crippen molar-refractivity contribution in [1.82, 2.24) is 4.57 Å². The van der Waals surface area contributed by atoms with Crippen molar-refractivity contribution in [2.24, 2.45) is 5.73 Å². The molecule has 0 heterocycles. The van der Waals surface area contributed by atoms with Gasteiger partial charge < -0.3 is 14.7 Å². The highest BCUT2D eigenvalue weighted by Gasteiger charge is 2.01. The number of hydrogen-bond acceptors (Lipinski definition) is 3. The number of hydrogen-bond donors (Lipinski definition) is 1. The molecular weight excluding hydrogens is 156 g/mol. The highest BCUT2D eigenvalue weighted by atomic mass is 28.2. The lowest BCUT2D eigenvalue weighted by Gasteiger charge is -2.19. The van der Waals surface area contributed by atoms with E-state index in [2.05, 4.69) is 11.5 Å². The third-order valence-electron chi connectivity index (χ3n) is 1.46. The number of rotatable bonds is 7. The summed E-state index contributed by atoms with van der Waals surface area (Å²) in [5.74, 6) is 0. The summed E-state index contributed by atoms with van der Waals surface area (Å²) in [4.78, 5) is 0. The van der Waals surface area contributed by atoms with Crippen LogP contribution >= 0.6 is 0 Å². The first-order chi connectivity index (χ1) is 5.35. The Bertz CT molecular complexity index is 76.8. The minimum absolute atomic E-state index is 0.443. The van der Waals surface area contributed by atoms with Crippen LogP contribution in [0.3, 0.4) is 0 Å². The molecule has 0 amide bonds. The lowest BCUT2D eigenvalue weighted by atomic mass is 10.5. The maximum atomic E-state index is 5.46. The summed E-state index contributed by atoms with van der Waals surface area (Å²) in [6, 6.07) is 0. The molecule has 0 saturated carbocycles. The molecule has 68 valence electrons. The summed E-state index contributed by atoms with van der Waals surface area (Å²) < 4.78 is 7.77. The minimum atomic E-state index is -0.443. The van der Waals surface area contributed by atoms with Gasteiger partial charge in [0.1, 0.15) is 0 Å². The van der Waals surface area contributed by atoms with E-state index in [1.165, 1.54) is 6.42 Å². The summed E-state index contributed by atoms with van der Waals surface area (Å²) >= 11 is 0. The average Bonchev–Trinajstić information content (AvgIpc) is 2.01. The SMILES string of the molecule is CCCN(CCN)[SiH2]OCC. The average molecular weight is 176 g/mol. The fourth-order valence-electron chi connectivity index (χ4n) is 0.960. The van der Waals surface area contributed by atoms with E-state index in [4.69, 9.17) is 10.2 Å². The van der Waals surface area contributed by atoms with E-state index in [0.29, 0.717) is 0 Å². The van der Waals surface area contributed by atoms with Gasteiger partial charge in [0.25, 0.3) is 0 Å². The van der Waals surface area contributed by atoms with Gasteiger partial charge in [-0.25, -0.2) is 0 Å². The minimum Gasteiger partial charge on any atom is -0.409 e. The first kappa shape index (κ1) is 11.1. The van der Waals surface area contributed by atoms with Gasteiger partial charge in [-0.3, -0.25) is 0 Å². The summed E-state index contributed by atoms with van der Waals surface area (Å²) in [5.41, 5.74) is 5.46. The molecule has 0 aromatic carbocycles. The Hall–Kier alpha value is 0.0969. The van der Waals surface area contributed by atoms with E-state index in [0.717, 1.165) is 26.2 Å². The van der Waals surface area contributed by atoms with Gasteiger partial charge in [0, 0.05) is 19.7 Å². The van der Waals surface area contributed by atoms with Crippen molar-refractivity contribution < 1.29 is 4.43 Å². The van der Waals surface area contributed by atoms with Crippen LogP contribution in [0.4, 0.5) is 0 Å². The fraction of sp³-hybridized carbons (Fsp3) is 1.00. The molecule has 0 rings (SSSR count). The van der Waals surface area contributed by atoms with Gasteiger partial charge in [-0.1, -0.05) is 6.92 Å². The lowest BCUT2D eigenvalue weighted by molar-refractivity contribution is 0.297. The molecule has 0 bridgehead atoms. The molecule has 0 aliphatic rings. The first-order valence-electron chi connectivity index (χ1n) is 4.35. The van der Waals surface area contributed by atoms with Crippen LogP contribution in [0.2, 0.25) is 0 Å². The van der Waals surface area contributed by atoms with Crippen LogP contribution in [0, 0.1) is 0 Å². The molecule has 0 saturated heterocycles. The van der Waals surface area contributed by atoms with Crippen LogP contribution < -0.4 is 5.73 Å². The van der Waals surface area contributed by atoms with E-state index < -0.39 is 9.92 Å². The molecule has 2 N–H and O–H groups in total. The van der Waals surface area contributed by atoms with Crippen molar-refractivity contribution >= 4 is 9.92 Å². The molecule has 0 radical (unpaired) electrons. The van der Waals surface area contributed by atoms with Gasteiger partial charge in [0.15, 0.2) is 0 Å². The maximum absolute atomic E-state index is 5.46. The third kappa shape index (κ3) is 6.49. The molecule has 4 heteroatoms. The van der Waals surface area contributed by atoms with Gasteiger partial charge in [-0.05, 0) is 19.9 Å². The van der Waals surface area contributed by atoms with Crippen molar-refractivity contribution in [2.75, 3.05) is 26.2 Å². The highest BCUT2D eigenvalue weighted by Crippen LogP contribution is 1.88. The molecule has 0 unspecified atom stereocenters. The zero-order valence-electron chi connectivity index (χ0n) is 7.68. The van der Waals surface area contributed by atoms with Gasteiger partial charge in [-0.15, -0.1) is 0 Å². The fourth-order valence-corrected chi connectivity index (χ4v) is 2.16. The topological polar surface area (TPSA) is 38.5 Å². The molecule has 0 aromatic rings. The van der Waals surface area contributed by atoms with E-state index in [9.17, 15) is 0 Å². The monoisotopic (exact) mass is 176 g/mol. The Morgan fingerprint density at radius 2 is 2.09 bits per heavy atom. The predicted molar refractivity (Wildman–Crippen MR) is 51.1 cm³/mol. The van der Waals surface area contributed by atoms with Crippen molar-refractivity contribution in [3.8, 4) is 0 Å². The second kappa shape index (κ2) is 8.20. The highest BCUT2D eigenvalue weighted by molar-refractivity contribution is 6.23. The Morgan fingerprint density at radius 1 is 1.36 bits per heavy atom. The van der Waals surface area contributed by atoms with Crippen LogP contribution in [-0.2, 0) is 4.43 Å². The molecule has 0 atom stereocenters. The number of nitrogens with zero attached hydrogens (tertiary/aromatic N) is 1. The Balaban J connectivity index is 3.34. The molecule has 0 aromatic heterocycles. The van der Waals surface area contributed by atoms with E-state index in [1.807, 2.05) is 6.92 Å². The van der Waals surface area contributed by atoms with Crippen molar-refractivity contribution in [3.63, 3.8) is 0 Å². The summed E-state index contributed by atoms with van der Waals surface area (Å²) in [6.07, 6.45) is 1.19. The second-order valence-corrected chi connectivity index (χ2v) is 4.09. The molecule has 0 aliphatic heterocycles. The standard InChI is InChI=1S/C7H20N2OSi/c1-3-6-9(7-5-8)11-10-4-2/h3-8,11H2,1-2H3. The van der Waals surface area contributed by atoms with Gasteiger partial charge in [-0.2, -0.15) is 0 Å². The summed E-state index contributed by atoms with van der Waals surface area (Å²) in [6.45, 7) is 7.96. The zero-order chi connectivity index (χ0) is 8.53. The first-order valence-corrected chi connectivity index (χ1v) is 5.56. The van der Waals surface area contributed by atoms with Crippen LogP contribution in [0.5, 0.6) is 0 Å². The van der Waals surface area contributed by atoms with Gasteiger partial charge in [0.2, 0.25) is 9.92 Å². The van der Waals surface area contributed by atoms with Crippen LogP contribution in [0.15, 0.2) is 0 Å². The van der Waals surface area contributed by atoms with Crippen molar-refractivity contribution in [3.05, 3.63) is 0 Å². The third-order valence-corrected chi connectivity index (χ3v) is 3.05. The van der Waals surface area contributed by atoms with E-state index in [1.54, 1.807) is 0 Å². The maximum Gasteiger partial charge on any atom is 0.238 e. The van der Waals surface area contributed by atoms with Crippen LogP contribution in [0.1, 0.15) is 20.3 Å². The molecule has 3 nitrogen and oxygen atoms in total. The normalized spacial score (nSPS) is 12.0. The Labute approximate surface area is 71.9 Å². The van der Waals surface area contributed by atoms with Crippen molar-refractivity contribution in [2.45, 2.75) is 20.3 Å². The molecule has 11 heavy (non-hydrogen) atoms. The molecule has 0 fully saturated rings. The summed E-state index contributed by atoms with van der Waals surface area (Å²) in [5, 5.41) is 0. The van der Waals surface area contributed by atoms with Crippen LogP contribution in [-0.4, -0.2) is 40.7 Å².